The summed E-state index contributed by atoms with van der Waals surface area (Å²) in [5.74, 6) is -0.459. The zero-order chi connectivity index (χ0) is 17.1. The lowest BCUT2D eigenvalue weighted by atomic mass is 10.0. The lowest BCUT2D eigenvalue weighted by Crippen LogP contribution is -2.30. The molecule has 0 spiro atoms. The van der Waals surface area contributed by atoms with Gasteiger partial charge in [-0.3, -0.25) is 4.79 Å². The van der Waals surface area contributed by atoms with Crippen LogP contribution in [0.5, 0.6) is 5.75 Å². The summed E-state index contributed by atoms with van der Waals surface area (Å²) in [7, 11) is 0. The third-order valence-electron chi connectivity index (χ3n) is 3.50. The van der Waals surface area contributed by atoms with Gasteiger partial charge in [0.15, 0.2) is 6.10 Å². The molecule has 0 saturated carbocycles. The highest BCUT2D eigenvalue weighted by atomic mass is 35.5. The predicted molar refractivity (Wildman–Crippen MR) is 90.8 cm³/mol. The molecule has 0 heterocycles. The summed E-state index contributed by atoms with van der Waals surface area (Å²) in [5, 5.41) is 2.84. The van der Waals surface area contributed by atoms with Crippen molar-refractivity contribution in [1.82, 2.24) is 0 Å². The molecule has 2 rings (SSSR count). The van der Waals surface area contributed by atoms with Crippen LogP contribution in [0.1, 0.15) is 23.6 Å². The Bertz CT molecular complexity index is 723. The van der Waals surface area contributed by atoms with Crippen molar-refractivity contribution in [3.63, 3.8) is 0 Å². The number of halogens is 2. The first kappa shape index (κ1) is 17.3. The van der Waals surface area contributed by atoms with Gasteiger partial charge in [-0.15, -0.1) is 0 Å². The average Bonchev–Trinajstić information content (AvgIpc) is 2.46. The van der Waals surface area contributed by atoms with Gasteiger partial charge in [-0.25, -0.2) is 4.39 Å². The van der Waals surface area contributed by atoms with Gasteiger partial charge in [0, 0.05) is 11.8 Å². The second kappa shape index (κ2) is 7.01. The molecule has 0 aromatic heterocycles. The summed E-state index contributed by atoms with van der Waals surface area (Å²) in [6.07, 6.45) is -0.739. The fourth-order valence-electron chi connectivity index (χ4n) is 2.41. The average molecular weight is 336 g/mol. The summed E-state index contributed by atoms with van der Waals surface area (Å²) in [6.45, 7) is 7.53. The highest BCUT2D eigenvalue weighted by Gasteiger charge is 2.17. The number of amides is 1. The summed E-state index contributed by atoms with van der Waals surface area (Å²) >= 11 is 5.71. The zero-order valence-corrected chi connectivity index (χ0v) is 14.3. The van der Waals surface area contributed by atoms with Crippen LogP contribution in [0.4, 0.5) is 10.1 Å². The van der Waals surface area contributed by atoms with Crippen LogP contribution < -0.4 is 10.1 Å². The van der Waals surface area contributed by atoms with Gasteiger partial charge in [0.2, 0.25) is 0 Å². The van der Waals surface area contributed by atoms with Gasteiger partial charge in [0.1, 0.15) is 11.6 Å². The maximum atomic E-state index is 13.1. The molecule has 0 fully saturated rings. The molecule has 3 nitrogen and oxygen atoms in total. The minimum Gasteiger partial charge on any atom is -0.481 e. The molecule has 2 aromatic carbocycles. The Morgan fingerprint density at radius 2 is 1.78 bits per heavy atom. The Kier molecular flexibility index (Phi) is 5.26. The van der Waals surface area contributed by atoms with Crippen LogP contribution in [-0.4, -0.2) is 12.0 Å². The van der Waals surface area contributed by atoms with Crippen molar-refractivity contribution in [2.45, 2.75) is 33.8 Å². The third kappa shape index (κ3) is 4.23. The first-order chi connectivity index (χ1) is 10.8. The molecule has 23 heavy (non-hydrogen) atoms. The van der Waals surface area contributed by atoms with E-state index in [9.17, 15) is 9.18 Å². The van der Waals surface area contributed by atoms with E-state index in [2.05, 4.69) is 5.32 Å². The molecule has 2 aromatic rings. The Labute approximate surface area is 140 Å². The minimum atomic E-state index is -0.739. The Morgan fingerprint density at radius 3 is 2.35 bits per heavy atom. The summed E-state index contributed by atoms with van der Waals surface area (Å²) in [6, 6.07) is 8.01. The van der Waals surface area contributed by atoms with Gasteiger partial charge in [-0.05, 0) is 51.0 Å². The first-order valence-corrected chi connectivity index (χ1v) is 7.66. The molecule has 0 aliphatic rings. The van der Waals surface area contributed by atoms with Crippen LogP contribution in [0, 0.1) is 26.6 Å². The molecular weight excluding hydrogens is 317 g/mol. The van der Waals surface area contributed by atoms with E-state index in [1.165, 1.54) is 18.2 Å². The van der Waals surface area contributed by atoms with Gasteiger partial charge >= 0.3 is 0 Å². The van der Waals surface area contributed by atoms with Gasteiger partial charge in [-0.2, -0.15) is 0 Å². The van der Waals surface area contributed by atoms with Crippen LogP contribution in [0.3, 0.4) is 0 Å². The van der Waals surface area contributed by atoms with E-state index in [1.807, 2.05) is 32.9 Å². The quantitative estimate of drug-likeness (QED) is 0.870. The molecule has 0 radical (unpaired) electrons. The van der Waals surface area contributed by atoms with Crippen LogP contribution in [0.25, 0.3) is 0 Å². The largest absolute Gasteiger partial charge is 0.481 e. The number of aryl methyl sites for hydroxylation is 3. The molecule has 122 valence electrons. The van der Waals surface area contributed by atoms with Gasteiger partial charge < -0.3 is 10.1 Å². The molecule has 5 heteroatoms. The normalized spacial score (nSPS) is 11.9. The summed E-state index contributed by atoms with van der Waals surface area (Å²) < 4.78 is 18.7. The number of hydrogen-bond donors (Lipinski definition) is 1. The molecule has 1 atom stereocenters. The van der Waals surface area contributed by atoms with Crippen LogP contribution in [-0.2, 0) is 4.79 Å². The number of carbonyl (C=O) groups is 1. The highest BCUT2D eigenvalue weighted by Crippen LogP contribution is 2.24. The Hall–Kier alpha value is -2.07. The van der Waals surface area contributed by atoms with Gasteiger partial charge in [-0.1, -0.05) is 29.3 Å². The molecule has 0 aliphatic carbocycles. The third-order valence-corrected chi connectivity index (χ3v) is 3.79. The number of rotatable bonds is 4. The number of anilines is 1. The summed E-state index contributed by atoms with van der Waals surface area (Å²) in [5.41, 5.74) is 3.91. The first-order valence-electron chi connectivity index (χ1n) is 7.28. The molecule has 1 unspecified atom stereocenters. The Morgan fingerprint density at radius 1 is 1.17 bits per heavy atom. The van der Waals surface area contributed by atoms with Crippen molar-refractivity contribution in [2.75, 3.05) is 5.32 Å². The van der Waals surface area contributed by atoms with E-state index in [0.29, 0.717) is 5.75 Å². The second-order valence-electron chi connectivity index (χ2n) is 5.60. The van der Waals surface area contributed by atoms with Crippen LogP contribution in [0.2, 0.25) is 5.02 Å². The number of carbonyl (C=O) groups excluding carboxylic acids is 1. The maximum Gasteiger partial charge on any atom is 0.265 e. The van der Waals surface area contributed by atoms with Crippen LogP contribution in [0.15, 0.2) is 30.3 Å². The second-order valence-corrected chi connectivity index (χ2v) is 6.01. The SMILES string of the molecule is Cc1cc(C)c(NC(=O)C(C)Oc2ccc(F)c(Cl)c2)c(C)c1. The topological polar surface area (TPSA) is 38.3 Å². The molecule has 0 bridgehead atoms. The van der Waals surface area contributed by atoms with Crippen molar-refractivity contribution < 1.29 is 13.9 Å². The number of ether oxygens (including phenoxy) is 1. The van der Waals surface area contributed by atoms with E-state index >= 15 is 0 Å². The Balaban J connectivity index is 2.10. The monoisotopic (exact) mass is 335 g/mol. The van der Waals surface area contributed by atoms with Gasteiger partial charge in [0.05, 0.1) is 5.02 Å². The van der Waals surface area contributed by atoms with E-state index in [4.69, 9.17) is 16.3 Å². The van der Waals surface area contributed by atoms with E-state index < -0.39 is 11.9 Å². The van der Waals surface area contributed by atoms with E-state index in [1.54, 1.807) is 6.92 Å². The van der Waals surface area contributed by atoms with Crippen LogP contribution >= 0.6 is 11.6 Å². The standard InChI is InChI=1S/C18H19ClFNO2/c1-10-7-11(2)17(12(3)8-10)21-18(22)13(4)23-14-5-6-16(20)15(19)9-14/h5-9,13H,1-4H3,(H,21,22). The van der Waals surface area contributed by atoms with E-state index in [0.717, 1.165) is 22.4 Å². The number of nitrogens with one attached hydrogen (secondary N) is 1. The molecule has 0 saturated heterocycles. The zero-order valence-electron chi connectivity index (χ0n) is 13.5. The smallest absolute Gasteiger partial charge is 0.265 e. The fourth-order valence-corrected chi connectivity index (χ4v) is 2.58. The van der Waals surface area contributed by atoms with E-state index in [-0.39, 0.29) is 10.9 Å². The predicted octanol–water partition coefficient (Wildman–Crippen LogP) is 4.81. The number of hydrogen-bond acceptors (Lipinski definition) is 2. The minimum absolute atomic E-state index is 0.0414. The van der Waals surface area contributed by atoms with Crippen molar-refractivity contribution in [2.24, 2.45) is 0 Å². The molecule has 0 aliphatic heterocycles. The molecular formula is C18H19ClFNO2. The molecule has 1 N–H and O–H groups in total. The highest BCUT2D eigenvalue weighted by molar-refractivity contribution is 6.30. The fraction of sp³-hybridized carbons (Fsp3) is 0.278. The van der Waals surface area contributed by atoms with Crippen molar-refractivity contribution in [1.29, 1.82) is 0 Å². The number of benzene rings is 2. The van der Waals surface area contributed by atoms with Crippen molar-refractivity contribution in [3.8, 4) is 5.75 Å². The summed E-state index contributed by atoms with van der Waals surface area (Å²) in [4.78, 5) is 12.3. The van der Waals surface area contributed by atoms with Crippen molar-refractivity contribution >= 4 is 23.2 Å². The van der Waals surface area contributed by atoms with Crippen molar-refractivity contribution in [3.05, 3.63) is 57.9 Å². The maximum absolute atomic E-state index is 13.1. The lowest BCUT2D eigenvalue weighted by Gasteiger charge is -2.17. The molecule has 1 amide bonds. The van der Waals surface area contributed by atoms with Gasteiger partial charge in [0.25, 0.3) is 5.91 Å². The lowest BCUT2D eigenvalue weighted by molar-refractivity contribution is -0.122.